The fourth-order valence-electron chi connectivity index (χ4n) is 2.54. The molecule has 7 nitrogen and oxygen atoms in total. The lowest BCUT2D eigenvalue weighted by Gasteiger charge is -2.15. The highest BCUT2D eigenvalue weighted by molar-refractivity contribution is 5.74. The molecule has 2 N–H and O–H groups in total. The summed E-state index contributed by atoms with van der Waals surface area (Å²) in [5.41, 5.74) is 0.965. The van der Waals surface area contributed by atoms with Gasteiger partial charge in [0.25, 0.3) is 0 Å². The Labute approximate surface area is 180 Å². The first-order valence-corrected chi connectivity index (χ1v) is 9.59. The zero-order valence-electron chi connectivity index (χ0n) is 17.4. The first-order chi connectivity index (χ1) is 15.0. The molecule has 0 aliphatic carbocycles. The molecule has 32 heavy (non-hydrogen) atoms. The van der Waals surface area contributed by atoms with Crippen LogP contribution in [0.2, 0.25) is 0 Å². The minimum absolute atomic E-state index is 0.00316. The molecule has 0 bridgehead atoms. The van der Waals surface area contributed by atoms with E-state index in [4.69, 9.17) is 0 Å². The van der Waals surface area contributed by atoms with Crippen LogP contribution < -0.4 is 24.8 Å². The monoisotopic (exact) mass is 463 g/mol. The van der Waals surface area contributed by atoms with Crippen molar-refractivity contribution in [2.24, 2.45) is 0 Å². The maximum absolute atomic E-state index is 13.1. The predicted molar refractivity (Wildman–Crippen MR) is 104 cm³/mol. The number of hydrogen-bond acceptors (Lipinski definition) is 5. The molecule has 1 unspecified atom stereocenters. The summed E-state index contributed by atoms with van der Waals surface area (Å²) >= 11 is 0. The van der Waals surface area contributed by atoms with E-state index in [1.54, 1.807) is 6.92 Å². The summed E-state index contributed by atoms with van der Waals surface area (Å²) in [6.07, 6.45) is -6.97. The molecular formula is C20H22F5N3O4. The second-order valence-corrected chi connectivity index (χ2v) is 6.33. The van der Waals surface area contributed by atoms with Gasteiger partial charge in [-0.3, -0.25) is 0 Å². The van der Waals surface area contributed by atoms with Crippen LogP contribution in [0.4, 0.5) is 26.7 Å². The van der Waals surface area contributed by atoms with Gasteiger partial charge < -0.3 is 24.8 Å². The van der Waals surface area contributed by atoms with Crippen LogP contribution >= 0.6 is 0 Å². The number of halogens is 5. The van der Waals surface area contributed by atoms with Crippen LogP contribution in [-0.2, 0) is 6.54 Å². The Balaban J connectivity index is 0.00000176. The Morgan fingerprint density at radius 3 is 2.53 bits per heavy atom. The molecule has 2 heterocycles. The molecular weight excluding hydrogens is 441 g/mol. The van der Waals surface area contributed by atoms with E-state index in [-0.39, 0.29) is 23.9 Å². The number of aromatic nitrogens is 1. The normalized spacial score (nSPS) is 14.6. The number of benzene rings is 1. The van der Waals surface area contributed by atoms with Gasteiger partial charge in [-0.25, -0.2) is 9.78 Å². The second kappa shape index (κ2) is 10.3. The Morgan fingerprint density at radius 1 is 1.16 bits per heavy atom. The number of amides is 2. The minimum Gasteiger partial charge on any atom is -0.468 e. The molecule has 0 radical (unpaired) electrons. The minimum atomic E-state index is -4.49. The van der Waals surface area contributed by atoms with E-state index in [9.17, 15) is 26.7 Å². The van der Waals surface area contributed by atoms with Gasteiger partial charge in [0.15, 0.2) is 18.1 Å². The average Bonchev–Trinajstić information content (AvgIpc) is 3.05. The molecule has 1 aromatic heterocycles. The van der Waals surface area contributed by atoms with E-state index in [0.717, 1.165) is 0 Å². The number of ether oxygens (including phenoxy) is 3. The number of hydrogen-bond donors (Lipinski definition) is 2. The Kier molecular flexibility index (Phi) is 8.06. The van der Waals surface area contributed by atoms with E-state index in [2.05, 4.69) is 29.8 Å². The van der Waals surface area contributed by atoms with Crippen molar-refractivity contribution in [3.8, 4) is 17.4 Å². The predicted octanol–water partition coefficient (Wildman–Crippen LogP) is 4.93. The van der Waals surface area contributed by atoms with Crippen molar-refractivity contribution in [1.29, 1.82) is 0 Å². The smallest absolute Gasteiger partial charge is 0.468 e. The molecule has 1 atom stereocenters. The Hall–Kier alpha value is -3.31. The van der Waals surface area contributed by atoms with Crippen LogP contribution in [0.5, 0.6) is 17.4 Å². The third-order valence-corrected chi connectivity index (χ3v) is 3.91. The van der Waals surface area contributed by atoms with Crippen molar-refractivity contribution >= 4 is 6.03 Å². The van der Waals surface area contributed by atoms with Gasteiger partial charge in [-0.15, -0.1) is 8.78 Å². The number of alkyl halides is 5. The largest absolute Gasteiger partial charge is 0.586 e. The van der Waals surface area contributed by atoms with Crippen LogP contribution in [0.1, 0.15) is 37.9 Å². The fraction of sp³-hybridized carbons (Fsp3) is 0.400. The number of nitrogens with one attached hydrogen (secondary N) is 2. The van der Waals surface area contributed by atoms with Crippen LogP contribution in [0.3, 0.4) is 0 Å². The molecule has 0 fully saturated rings. The number of rotatable bonds is 6. The second-order valence-electron chi connectivity index (χ2n) is 6.33. The van der Waals surface area contributed by atoms with Crippen LogP contribution in [0.25, 0.3) is 0 Å². The molecule has 176 valence electrons. The maximum atomic E-state index is 13.1. The summed E-state index contributed by atoms with van der Waals surface area (Å²) in [4.78, 5) is 15.8. The van der Waals surface area contributed by atoms with Gasteiger partial charge in [-0.05, 0) is 36.2 Å². The number of pyridine rings is 1. The lowest BCUT2D eigenvalue weighted by Crippen LogP contribution is -2.36. The summed E-state index contributed by atoms with van der Waals surface area (Å²) in [6, 6.07) is 5.77. The molecule has 2 aromatic rings. The Morgan fingerprint density at radius 2 is 1.84 bits per heavy atom. The summed E-state index contributed by atoms with van der Waals surface area (Å²) in [5, 5.41) is 5.14. The lowest BCUT2D eigenvalue weighted by atomic mass is 10.1. The molecule has 1 aromatic carbocycles. The summed E-state index contributed by atoms with van der Waals surface area (Å²) in [6.45, 7) is 4.15. The van der Waals surface area contributed by atoms with Gasteiger partial charge in [-0.1, -0.05) is 19.9 Å². The molecule has 0 spiro atoms. The number of fused-ring (bicyclic) bond motifs is 1. The first kappa shape index (κ1) is 25.0. The number of carbonyl (C=O) groups excluding carboxylic acids is 1. The summed E-state index contributed by atoms with van der Waals surface area (Å²) in [7, 11) is 0. The van der Waals surface area contributed by atoms with Crippen LogP contribution in [-0.4, -0.2) is 30.1 Å². The maximum Gasteiger partial charge on any atom is 0.586 e. The molecule has 2 amide bonds. The number of carbonyl (C=O) groups is 1. The van der Waals surface area contributed by atoms with Crippen molar-refractivity contribution in [2.75, 3.05) is 6.61 Å². The molecule has 1 aliphatic rings. The highest BCUT2D eigenvalue weighted by Crippen LogP contribution is 2.41. The van der Waals surface area contributed by atoms with Crippen molar-refractivity contribution in [3.05, 3.63) is 47.7 Å². The van der Waals surface area contributed by atoms with Gasteiger partial charge in [0.2, 0.25) is 5.88 Å². The molecule has 3 rings (SSSR count). The van der Waals surface area contributed by atoms with Gasteiger partial charge in [0, 0.05) is 18.8 Å². The standard InChI is InChI=1S/C18H16F5N3O4.C2H6/c1-10(12-2-3-13-14(7-12)30-18(22,23)29-13)26-16(27)25-8-11-4-5-24-15(6-11)28-9-17(19,20)21;1-2/h2-7,10H,8-9H2,1H3,(H2,25,26,27);1-2H3. The third kappa shape index (κ3) is 7.43. The zero-order valence-corrected chi connectivity index (χ0v) is 17.4. The number of urea groups is 1. The van der Waals surface area contributed by atoms with Gasteiger partial charge in [0.05, 0.1) is 6.04 Å². The summed E-state index contributed by atoms with van der Waals surface area (Å²) < 4.78 is 76.0. The quantitative estimate of drug-likeness (QED) is 0.594. The SMILES string of the molecule is CC.CC(NC(=O)NCc1ccnc(OCC(F)(F)F)c1)c1ccc2c(c1)OC(F)(F)O2. The third-order valence-electron chi connectivity index (χ3n) is 3.91. The Bertz CT molecular complexity index is 924. The molecule has 12 heteroatoms. The number of nitrogens with zero attached hydrogens (tertiary/aromatic N) is 1. The van der Waals surface area contributed by atoms with E-state index in [1.165, 1.54) is 36.5 Å². The van der Waals surface area contributed by atoms with Crippen molar-refractivity contribution < 1.29 is 41.0 Å². The van der Waals surface area contributed by atoms with E-state index >= 15 is 0 Å². The van der Waals surface area contributed by atoms with Gasteiger partial charge in [0.1, 0.15) is 0 Å². The molecule has 0 saturated heterocycles. The lowest BCUT2D eigenvalue weighted by molar-refractivity contribution is -0.286. The molecule has 0 saturated carbocycles. The van der Waals surface area contributed by atoms with Crippen molar-refractivity contribution in [3.63, 3.8) is 0 Å². The van der Waals surface area contributed by atoms with Crippen LogP contribution in [0.15, 0.2) is 36.5 Å². The van der Waals surface area contributed by atoms with E-state index in [1.807, 2.05) is 13.8 Å². The highest BCUT2D eigenvalue weighted by atomic mass is 19.4. The summed E-state index contributed by atoms with van der Waals surface area (Å²) in [5.74, 6) is -0.478. The van der Waals surface area contributed by atoms with E-state index < -0.39 is 31.2 Å². The first-order valence-electron chi connectivity index (χ1n) is 9.59. The van der Waals surface area contributed by atoms with Crippen molar-refractivity contribution in [2.45, 2.75) is 45.8 Å². The molecule has 1 aliphatic heterocycles. The van der Waals surface area contributed by atoms with Crippen LogP contribution in [0, 0.1) is 0 Å². The topological polar surface area (TPSA) is 81.7 Å². The average molecular weight is 463 g/mol. The zero-order chi connectivity index (χ0) is 23.9. The fourth-order valence-corrected chi connectivity index (χ4v) is 2.54. The van der Waals surface area contributed by atoms with Crippen molar-refractivity contribution in [1.82, 2.24) is 15.6 Å². The van der Waals surface area contributed by atoms with E-state index in [0.29, 0.717) is 11.1 Å². The van der Waals surface area contributed by atoms with Gasteiger partial charge >= 0.3 is 18.5 Å². The highest BCUT2D eigenvalue weighted by Gasteiger charge is 2.43. The van der Waals surface area contributed by atoms with Gasteiger partial charge in [-0.2, -0.15) is 13.2 Å².